The fourth-order valence-corrected chi connectivity index (χ4v) is 4.15. The van der Waals surface area contributed by atoms with E-state index in [9.17, 15) is 9.18 Å². The number of hydrogen-bond donors (Lipinski definition) is 1. The van der Waals surface area contributed by atoms with Crippen LogP contribution >= 0.6 is 11.6 Å². The van der Waals surface area contributed by atoms with Gasteiger partial charge in [0, 0.05) is 38.9 Å². The van der Waals surface area contributed by atoms with E-state index in [1.165, 1.54) is 12.1 Å². The summed E-state index contributed by atoms with van der Waals surface area (Å²) in [6.07, 6.45) is 3.21. The molecule has 6 heteroatoms. The zero-order chi connectivity index (χ0) is 24.4. The maximum absolute atomic E-state index is 13.4. The first-order chi connectivity index (χ1) is 16.3. The van der Waals surface area contributed by atoms with E-state index in [4.69, 9.17) is 20.8 Å². The number of allylic oxidation sites excluding steroid dienone is 1. The molecule has 0 radical (unpaired) electrons. The third-order valence-electron chi connectivity index (χ3n) is 5.79. The molecule has 4 rings (SSSR count). The molecule has 4 nitrogen and oxygen atoms in total. The van der Waals surface area contributed by atoms with Gasteiger partial charge in [-0.1, -0.05) is 29.8 Å². The van der Waals surface area contributed by atoms with Gasteiger partial charge in [0.25, 0.3) is 0 Å². The van der Waals surface area contributed by atoms with E-state index in [0.29, 0.717) is 28.6 Å². The molecule has 0 saturated heterocycles. The SMILES string of the molecule is CCOc1c(/C(C)=C/C(=O)Nc2cccc(Cl)c2C)cc2c(-c3ccc(F)cc3)coc2c1C. The molecule has 0 unspecified atom stereocenters. The molecule has 1 amide bonds. The maximum atomic E-state index is 13.4. The fourth-order valence-electron chi connectivity index (χ4n) is 3.98. The van der Waals surface area contributed by atoms with Crippen LogP contribution < -0.4 is 10.1 Å². The molecule has 4 aromatic rings. The monoisotopic (exact) mass is 477 g/mol. The van der Waals surface area contributed by atoms with Crippen LogP contribution in [0.3, 0.4) is 0 Å². The molecule has 0 fully saturated rings. The first-order valence-electron chi connectivity index (χ1n) is 11.0. The standard InChI is InChI=1S/C28H25ClFNO3/c1-5-33-27-18(4)28-22(23(15-34-28)19-9-11-20(30)12-10-19)14-21(27)16(2)13-26(32)31-25-8-6-7-24(29)17(25)3/h6-15H,5H2,1-4H3,(H,31,32)/b16-13+. The van der Waals surface area contributed by atoms with Crippen molar-refractivity contribution in [3.8, 4) is 16.9 Å². The van der Waals surface area contributed by atoms with Gasteiger partial charge in [-0.25, -0.2) is 4.39 Å². The highest BCUT2D eigenvalue weighted by Crippen LogP contribution is 2.40. The topological polar surface area (TPSA) is 51.5 Å². The molecule has 0 bridgehead atoms. The van der Waals surface area contributed by atoms with Gasteiger partial charge in [-0.3, -0.25) is 4.79 Å². The summed E-state index contributed by atoms with van der Waals surface area (Å²) in [4.78, 5) is 12.8. The van der Waals surface area contributed by atoms with E-state index >= 15 is 0 Å². The fraction of sp³-hybridized carbons (Fsp3) is 0.179. The van der Waals surface area contributed by atoms with Crippen LogP contribution in [0, 0.1) is 19.7 Å². The molecule has 1 aromatic heterocycles. The van der Waals surface area contributed by atoms with Crippen LogP contribution in [-0.2, 0) is 4.79 Å². The van der Waals surface area contributed by atoms with Crippen molar-refractivity contribution in [1.29, 1.82) is 0 Å². The van der Waals surface area contributed by atoms with Crippen molar-refractivity contribution in [2.24, 2.45) is 0 Å². The molecule has 34 heavy (non-hydrogen) atoms. The van der Waals surface area contributed by atoms with Crippen molar-refractivity contribution in [3.05, 3.63) is 88.4 Å². The predicted octanol–water partition coefficient (Wildman–Crippen LogP) is 7.95. The molecule has 174 valence electrons. The Bertz CT molecular complexity index is 1400. The van der Waals surface area contributed by atoms with Gasteiger partial charge in [0.2, 0.25) is 5.91 Å². The van der Waals surface area contributed by atoms with Crippen molar-refractivity contribution in [1.82, 2.24) is 0 Å². The minimum absolute atomic E-state index is 0.269. The number of nitrogens with one attached hydrogen (secondary N) is 1. The number of ether oxygens (including phenoxy) is 1. The van der Waals surface area contributed by atoms with Gasteiger partial charge in [-0.05, 0) is 74.7 Å². The number of fused-ring (bicyclic) bond motifs is 1. The lowest BCUT2D eigenvalue weighted by molar-refractivity contribution is -0.111. The second-order valence-electron chi connectivity index (χ2n) is 8.07. The number of furan rings is 1. The van der Waals surface area contributed by atoms with Crippen molar-refractivity contribution in [2.75, 3.05) is 11.9 Å². The number of amides is 1. The second-order valence-corrected chi connectivity index (χ2v) is 8.48. The number of aryl methyl sites for hydroxylation is 1. The van der Waals surface area contributed by atoms with Crippen LogP contribution in [0.2, 0.25) is 5.02 Å². The lowest BCUT2D eigenvalue weighted by Crippen LogP contribution is -2.10. The molecule has 0 spiro atoms. The quantitative estimate of drug-likeness (QED) is 0.287. The number of benzene rings is 3. The molecule has 1 N–H and O–H groups in total. The Morgan fingerprint density at radius 3 is 2.59 bits per heavy atom. The van der Waals surface area contributed by atoms with Crippen LogP contribution in [-0.4, -0.2) is 12.5 Å². The normalized spacial score (nSPS) is 11.6. The third kappa shape index (κ3) is 4.57. The van der Waals surface area contributed by atoms with Gasteiger partial charge in [0.05, 0.1) is 12.9 Å². The van der Waals surface area contributed by atoms with Gasteiger partial charge in [0.15, 0.2) is 0 Å². The van der Waals surface area contributed by atoms with E-state index in [1.807, 2.05) is 39.8 Å². The van der Waals surface area contributed by atoms with E-state index in [1.54, 1.807) is 36.6 Å². The first kappa shape index (κ1) is 23.6. The Morgan fingerprint density at radius 1 is 1.15 bits per heavy atom. The van der Waals surface area contributed by atoms with Crippen molar-refractivity contribution in [2.45, 2.75) is 27.7 Å². The lowest BCUT2D eigenvalue weighted by Gasteiger charge is -2.15. The smallest absolute Gasteiger partial charge is 0.248 e. The number of rotatable bonds is 6. The third-order valence-corrected chi connectivity index (χ3v) is 6.20. The molecule has 0 aliphatic carbocycles. The summed E-state index contributed by atoms with van der Waals surface area (Å²) < 4.78 is 25.3. The highest BCUT2D eigenvalue weighted by atomic mass is 35.5. The summed E-state index contributed by atoms with van der Waals surface area (Å²) in [5.74, 6) is 0.0938. The first-order valence-corrected chi connectivity index (χ1v) is 11.4. The molecule has 0 saturated carbocycles. The summed E-state index contributed by atoms with van der Waals surface area (Å²) in [5.41, 5.74) is 6.19. The Hall–Kier alpha value is -3.57. The van der Waals surface area contributed by atoms with Crippen molar-refractivity contribution >= 4 is 39.7 Å². The summed E-state index contributed by atoms with van der Waals surface area (Å²) >= 11 is 6.18. The minimum Gasteiger partial charge on any atom is -0.493 e. The Labute approximate surface area is 203 Å². The summed E-state index contributed by atoms with van der Waals surface area (Å²) in [6, 6.07) is 13.6. The van der Waals surface area contributed by atoms with Gasteiger partial charge in [-0.15, -0.1) is 0 Å². The number of carbonyl (C=O) groups excluding carboxylic acids is 1. The van der Waals surface area contributed by atoms with Crippen LogP contribution in [0.5, 0.6) is 5.75 Å². The van der Waals surface area contributed by atoms with E-state index < -0.39 is 0 Å². The average molecular weight is 478 g/mol. The molecule has 0 aliphatic rings. The molecule has 3 aromatic carbocycles. The predicted molar refractivity (Wildman–Crippen MR) is 136 cm³/mol. The molecule has 0 aliphatic heterocycles. The molecule has 0 atom stereocenters. The number of anilines is 1. The van der Waals surface area contributed by atoms with Gasteiger partial charge >= 0.3 is 0 Å². The second kappa shape index (κ2) is 9.74. The Kier molecular flexibility index (Phi) is 6.75. The molecular formula is C28H25ClFNO3. The van der Waals surface area contributed by atoms with E-state index in [0.717, 1.165) is 38.8 Å². The Balaban J connectivity index is 1.78. The molecule has 1 heterocycles. The minimum atomic E-state index is -0.299. The van der Waals surface area contributed by atoms with Crippen molar-refractivity contribution in [3.63, 3.8) is 0 Å². The zero-order valence-electron chi connectivity index (χ0n) is 19.5. The molecular weight excluding hydrogens is 453 g/mol. The summed E-state index contributed by atoms with van der Waals surface area (Å²) in [7, 11) is 0. The largest absolute Gasteiger partial charge is 0.493 e. The summed E-state index contributed by atoms with van der Waals surface area (Å²) in [5, 5.41) is 4.35. The van der Waals surface area contributed by atoms with Gasteiger partial charge in [-0.2, -0.15) is 0 Å². The number of halogens is 2. The van der Waals surface area contributed by atoms with Crippen molar-refractivity contribution < 1.29 is 18.3 Å². The Morgan fingerprint density at radius 2 is 1.88 bits per heavy atom. The number of carbonyl (C=O) groups is 1. The van der Waals surface area contributed by atoms with Crippen LogP contribution in [0.15, 0.2) is 65.3 Å². The van der Waals surface area contributed by atoms with Crippen LogP contribution in [0.25, 0.3) is 27.7 Å². The lowest BCUT2D eigenvalue weighted by atomic mass is 9.96. The maximum Gasteiger partial charge on any atom is 0.248 e. The van der Waals surface area contributed by atoms with E-state index in [2.05, 4.69) is 5.32 Å². The van der Waals surface area contributed by atoms with E-state index in [-0.39, 0.29) is 11.7 Å². The summed E-state index contributed by atoms with van der Waals surface area (Å²) in [6.45, 7) is 8.02. The average Bonchev–Trinajstić information content (AvgIpc) is 3.23. The highest BCUT2D eigenvalue weighted by molar-refractivity contribution is 6.31. The van der Waals surface area contributed by atoms with Gasteiger partial charge in [0.1, 0.15) is 17.1 Å². The number of hydrogen-bond acceptors (Lipinski definition) is 3. The van der Waals surface area contributed by atoms with Gasteiger partial charge < -0.3 is 14.5 Å². The zero-order valence-corrected chi connectivity index (χ0v) is 20.2. The highest BCUT2D eigenvalue weighted by Gasteiger charge is 2.19. The van der Waals surface area contributed by atoms with Crippen LogP contribution in [0.4, 0.5) is 10.1 Å². The van der Waals surface area contributed by atoms with Crippen LogP contribution in [0.1, 0.15) is 30.5 Å².